The molecule has 1 unspecified atom stereocenters. The Hall–Kier alpha value is -0.630. The molecule has 3 nitrogen and oxygen atoms in total. The van der Waals surface area contributed by atoms with Crippen molar-refractivity contribution in [3.63, 3.8) is 0 Å². The van der Waals surface area contributed by atoms with Gasteiger partial charge in [0.2, 0.25) is 0 Å². The average molecular weight is 340 g/mol. The van der Waals surface area contributed by atoms with Crippen LogP contribution in [0.2, 0.25) is 0 Å². The standard InChI is InChI=1S/C19H33O3P/c1-3-5-7-8-9-10-11-14-18-15-12-13-16-19(18)22-23(20)21-17-6-4-2/h12-13,15-16,20H,3-11,14,17H2,1-2H3. The summed E-state index contributed by atoms with van der Waals surface area (Å²) in [5.74, 6) is 0.767. The molecular weight excluding hydrogens is 307 g/mol. The van der Waals surface area contributed by atoms with Gasteiger partial charge < -0.3 is 13.9 Å². The summed E-state index contributed by atoms with van der Waals surface area (Å²) in [7, 11) is -1.81. The van der Waals surface area contributed by atoms with Gasteiger partial charge in [0.25, 0.3) is 0 Å². The Balaban J connectivity index is 2.29. The molecule has 0 saturated heterocycles. The van der Waals surface area contributed by atoms with Crippen LogP contribution in [0.15, 0.2) is 24.3 Å². The zero-order valence-electron chi connectivity index (χ0n) is 14.8. The molecule has 1 rings (SSSR count). The first kappa shape index (κ1) is 20.4. The lowest BCUT2D eigenvalue weighted by atomic mass is 10.0. The summed E-state index contributed by atoms with van der Waals surface area (Å²) in [4.78, 5) is 9.87. The minimum atomic E-state index is -1.81. The van der Waals surface area contributed by atoms with Crippen LogP contribution < -0.4 is 4.52 Å². The Bertz CT molecular complexity index is 398. The van der Waals surface area contributed by atoms with Crippen molar-refractivity contribution in [1.29, 1.82) is 0 Å². The smallest absolute Gasteiger partial charge is 0.394 e. The van der Waals surface area contributed by atoms with E-state index in [1.807, 2.05) is 18.2 Å². The van der Waals surface area contributed by atoms with E-state index in [9.17, 15) is 4.89 Å². The van der Waals surface area contributed by atoms with Crippen molar-refractivity contribution >= 4 is 8.60 Å². The number of aryl methyl sites for hydroxylation is 1. The van der Waals surface area contributed by atoms with Gasteiger partial charge in [0, 0.05) is 0 Å². The van der Waals surface area contributed by atoms with Crippen LogP contribution >= 0.6 is 8.60 Å². The van der Waals surface area contributed by atoms with Gasteiger partial charge in [-0.1, -0.05) is 77.0 Å². The Morgan fingerprint density at radius 3 is 2.26 bits per heavy atom. The van der Waals surface area contributed by atoms with Crippen LogP contribution in [0.3, 0.4) is 0 Å². The monoisotopic (exact) mass is 340 g/mol. The van der Waals surface area contributed by atoms with Gasteiger partial charge in [0.15, 0.2) is 0 Å². The molecule has 4 heteroatoms. The molecule has 0 aromatic heterocycles. The largest absolute Gasteiger partial charge is 0.427 e. The summed E-state index contributed by atoms with van der Waals surface area (Å²) < 4.78 is 10.9. The van der Waals surface area contributed by atoms with E-state index in [0.29, 0.717) is 6.61 Å². The van der Waals surface area contributed by atoms with Crippen molar-refractivity contribution in [2.24, 2.45) is 0 Å². The number of rotatable bonds is 14. The van der Waals surface area contributed by atoms with E-state index in [4.69, 9.17) is 9.05 Å². The lowest BCUT2D eigenvalue weighted by Crippen LogP contribution is -1.97. The fourth-order valence-corrected chi connectivity index (χ4v) is 3.15. The van der Waals surface area contributed by atoms with Crippen molar-refractivity contribution < 1.29 is 13.9 Å². The molecule has 0 radical (unpaired) electrons. The molecule has 1 aromatic rings. The molecule has 1 N–H and O–H groups in total. The second-order valence-corrected chi connectivity index (χ2v) is 6.91. The first-order valence-electron chi connectivity index (χ1n) is 9.15. The number of unbranched alkanes of at least 4 members (excludes halogenated alkanes) is 7. The molecule has 0 aliphatic heterocycles. The van der Waals surface area contributed by atoms with E-state index in [-0.39, 0.29) is 0 Å². The van der Waals surface area contributed by atoms with Gasteiger partial charge in [-0.3, -0.25) is 0 Å². The highest BCUT2D eigenvalue weighted by atomic mass is 31.2. The fourth-order valence-electron chi connectivity index (χ4n) is 2.47. The molecule has 0 heterocycles. The van der Waals surface area contributed by atoms with Crippen LogP contribution in [0, 0.1) is 0 Å². The Kier molecular flexibility index (Phi) is 12.2. The van der Waals surface area contributed by atoms with Crippen LogP contribution in [0.5, 0.6) is 5.75 Å². The summed E-state index contributed by atoms with van der Waals surface area (Å²) in [5.41, 5.74) is 1.17. The van der Waals surface area contributed by atoms with Gasteiger partial charge in [-0.25, -0.2) is 0 Å². The number of hydrogen-bond donors (Lipinski definition) is 1. The quantitative estimate of drug-likeness (QED) is 0.315. The minimum absolute atomic E-state index is 0.554. The zero-order valence-corrected chi connectivity index (χ0v) is 15.7. The fraction of sp³-hybridized carbons (Fsp3) is 0.684. The van der Waals surface area contributed by atoms with Crippen LogP contribution in [0.4, 0.5) is 0 Å². The van der Waals surface area contributed by atoms with E-state index >= 15 is 0 Å². The van der Waals surface area contributed by atoms with Crippen molar-refractivity contribution in [1.82, 2.24) is 0 Å². The minimum Gasteiger partial charge on any atom is -0.427 e. The Morgan fingerprint density at radius 1 is 0.870 bits per heavy atom. The Labute approximate surface area is 143 Å². The molecule has 0 amide bonds. The topological polar surface area (TPSA) is 38.7 Å². The highest BCUT2D eigenvalue weighted by molar-refractivity contribution is 7.41. The van der Waals surface area contributed by atoms with Gasteiger partial charge in [-0.15, -0.1) is 0 Å². The average Bonchev–Trinajstić information content (AvgIpc) is 2.55. The van der Waals surface area contributed by atoms with E-state index in [1.165, 1.54) is 50.5 Å². The molecule has 1 atom stereocenters. The molecule has 0 aliphatic rings. The van der Waals surface area contributed by atoms with Gasteiger partial charge in [0.05, 0.1) is 6.61 Å². The number of hydrogen-bond acceptors (Lipinski definition) is 3. The van der Waals surface area contributed by atoms with Gasteiger partial charge >= 0.3 is 8.60 Å². The lowest BCUT2D eigenvalue weighted by Gasteiger charge is -2.14. The Morgan fingerprint density at radius 2 is 1.52 bits per heavy atom. The summed E-state index contributed by atoms with van der Waals surface area (Å²) in [6, 6.07) is 7.98. The van der Waals surface area contributed by atoms with Crippen molar-refractivity contribution in [2.75, 3.05) is 6.61 Å². The van der Waals surface area contributed by atoms with Crippen molar-refractivity contribution in [3.05, 3.63) is 29.8 Å². The first-order valence-corrected chi connectivity index (χ1v) is 10.3. The number of para-hydroxylation sites is 1. The maximum Gasteiger partial charge on any atom is 0.394 e. The molecular formula is C19H33O3P. The van der Waals surface area contributed by atoms with Crippen LogP contribution in [0.25, 0.3) is 0 Å². The molecule has 0 spiro atoms. The highest BCUT2D eigenvalue weighted by Crippen LogP contribution is 2.37. The maximum absolute atomic E-state index is 9.87. The maximum atomic E-state index is 9.87. The third-order valence-electron chi connectivity index (χ3n) is 3.90. The number of benzene rings is 1. The molecule has 0 fully saturated rings. The van der Waals surface area contributed by atoms with Crippen molar-refractivity contribution in [3.8, 4) is 5.75 Å². The molecule has 1 aromatic carbocycles. The predicted molar refractivity (Wildman–Crippen MR) is 98.8 cm³/mol. The third kappa shape index (κ3) is 9.96. The molecule has 0 saturated carbocycles. The van der Waals surface area contributed by atoms with E-state index in [1.54, 1.807) is 0 Å². The summed E-state index contributed by atoms with van der Waals surface area (Å²) in [6.45, 7) is 4.90. The summed E-state index contributed by atoms with van der Waals surface area (Å²) in [6.07, 6.45) is 12.1. The van der Waals surface area contributed by atoms with Gasteiger partial charge in [0.1, 0.15) is 5.75 Å². The molecule has 0 bridgehead atoms. The van der Waals surface area contributed by atoms with Crippen LogP contribution in [-0.4, -0.2) is 11.5 Å². The second kappa shape index (κ2) is 13.8. The summed E-state index contributed by atoms with van der Waals surface area (Å²) in [5, 5.41) is 0. The predicted octanol–water partition coefficient (Wildman–Crippen LogP) is 6.39. The second-order valence-electron chi connectivity index (χ2n) is 5.99. The van der Waals surface area contributed by atoms with Crippen LogP contribution in [-0.2, 0) is 10.9 Å². The normalized spacial score (nSPS) is 12.3. The lowest BCUT2D eigenvalue weighted by molar-refractivity contribution is 0.255. The SMILES string of the molecule is CCCCCCCCCc1ccccc1OP(O)OCCCC. The summed E-state index contributed by atoms with van der Waals surface area (Å²) >= 11 is 0. The van der Waals surface area contributed by atoms with Crippen molar-refractivity contribution in [2.45, 2.75) is 78.1 Å². The third-order valence-corrected chi connectivity index (χ3v) is 4.65. The van der Waals surface area contributed by atoms with E-state index in [2.05, 4.69) is 19.9 Å². The van der Waals surface area contributed by atoms with Gasteiger partial charge in [-0.2, -0.15) is 0 Å². The van der Waals surface area contributed by atoms with Crippen LogP contribution in [0.1, 0.15) is 77.2 Å². The molecule has 23 heavy (non-hydrogen) atoms. The highest BCUT2D eigenvalue weighted by Gasteiger charge is 2.11. The molecule has 0 aliphatic carbocycles. The first-order chi connectivity index (χ1) is 11.3. The van der Waals surface area contributed by atoms with E-state index in [0.717, 1.165) is 25.0 Å². The van der Waals surface area contributed by atoms with E-state index < -0.39 is 8.60 Å². The van der Waals surface area contributed by atoms with Gasteiger partial charge in [-0.05, 0) is 30.9 Å². The zero-order chi connectivity index (χ0) is 16.8. The molecule has 132 valence electrons.